The second-order valence-corrected chi connectivity index (χ2v) is 5.66. The molecule has 0 aliphatic heterocycles. The van der Waals surface area contributed by atoms with Crippen LogP contribution in [0.2, 0.25) is 0 Å². The molecule has 2 aromatic rings. The summed E-state index contributed by atoms with van der Waals surface area (Å²) in [6.45, 7) is 0. The number of hydrogen-bond donors (Lipinski definition) is 3. The molecule has 2 rings (SSSR count). The Hall–Kier alpha value is -2.45. The van der Waals surface area contributed by atoms with Gasteiger partial charge in [-0.25, -0.2) is 22.7 Å². The Bertz CT molecular complexity index is 778. The summed E-state index contributed by atoms with van der Waals surface area (Å²) in [6, 6.07) is 10.3. The van der Waals surface area contributed by atoms with Gasteiger partial charge in [-0.15, -0.1) is 0 Å². The molecule has 2 aromatic carbocycles. The van der Waals surface area contributed by atoms with Gasteiger partial charge < -0.3 is 10.6 Å². The maximum atomic E-state index is 13.0. The van der Waals surface area contributed by atoms with Gasteiger partial charge >= 0.3 is 6.03 Å². The van der Waals surface area contributed by atoms with Crippen LogP contribution >= 0.6 is 0 Å². The Balaban J connectivity index is 2.17. The first kappa shape index (κ1) is 14.9. The lowest BCUT2D eigenvalue weighted by Gasteiger charge is -2.10. The Morgan fingerprint density at radius 1 is 1.05 bits per heavy atom. The highest BCUT2D eigenvalue weighted by Gasteiger charge is 2.15. The number of rotatable bonds is 3. The van der Waals surface area contributed by atoms with Crippen LogP contribution in [0.25, 0.3) is 0 Å². The molecule has 0 unspecified atom stereocenters. The number of nitrogens with two attached hydrogens (primary N) is 1. The minimum Gasteiger partial charge on any atom is -0.308 e. The minimum absolute atomic E-state index is 0.0360. The van der Waals surface area contributed by atoms with E-state index in [4.69, 9.17) is 5.14 Å². The van der Waals surface area contributed by atoms with Crippen LogP contribution in [0.3, 0.4) is 0 Å². The number of carbonyl (C=O) groups is 1. The third kappa shape index (κ3) is 4.01. The minimum atomic E-state index is -3.96. The van der Waals surface area contributed by atoms with Crippen LogP contribution in [0, 0.1) is 5.82 Å². The van der Waals surface area contributed by atoms with E-state index in [0.29, 0.717) is 0 Å². The highest BCUT2D eigenvalue weighted by Crippen LogP contribution is 2.19. The van der Waals surface area contributed by atoms with Crippen molar-refractivity contribution in [1.82, 2.24) is 0 Å². The first-order valence-corrected chi connectivity index (χ1v) is 7.36. The van der Waals surface area contributed by atoms with E-state index in [1.165, 1.54) is 36.4 Å². The quantitative estimate of drug-likeness (QED) is 0.809. The Kier molecular flexibility index (Phi) is 4.20. The van der Waals surface area contributed by atoms with Crippen LogP contribution in [-0.2, 0) is 10.0 Å². The lowest BCUT2D eigenvalue weighted by Crippen LogP contribution is -2.22. The number of benzene rings is 2. The Morgan fingerprint density at radius 3 is 2.43 bits per heavy atom. The lowest BCUT2D eigenvalue weighted by atomic mass is 10.3. The first-order chi connectivity index (χ1) is 9.86. The third-order valence-corrected chi connectivity index (χ3v) is 3.49. The summed E-state index contributed by atoms with van der Waals surface area (Å²) in [5.74, 6) is -0.502. The van der Waals surface area contributed by atoms with E-state index in [0.717, 1.165) is 6.07 Å². The van der Waals surface area contributed by atoms with Gasteiger partial charge in [0, 0.05) is 5.69 Å². The molecule has 0 atom stereocenters. The molecule has 2 amide bonds. The van der Waals surface area contributed by atoms with Gasteiger partial charge in [-0.05, 0) is 30.3 Å². The van der Waals surface area contributed by atoms with Crippen molar-refractivity contribution in [1.29, 1.82) is 0 Å². The molecular weight excluding hydrogens is 297 g/mol. The largest absolute Gasteiger partial charge is 0.323 e. The van der Waals surface area contributed by atoms with Crippen LogP contribution in [0.5, 0.6) is 0 Å². The van der Waals surface area contributed by atoms with Crippen molar-refractivity contribution in [3.05, 3.63) is 54.3 Å². The summed E-state index contributed by atoms with van der Waals surface area (Å²) in [5, 5.41) is 9.79. The number of halogens is 1. The van der Waals surface area contributed by atoms with Crippen molar-refractivity contribution in [2.24, 2.45) is 5.14 Å². The smallest absolute Gasteiger partial charge is 0.308 e. The zero-order chi connectivity index (χ0) is 15.5. The van der Waals surface area contributed by atoms with Crippen LogP contribution < -0.4 is 15.8 Å². The van der Waals surface area contributed by atoms with Gasteiger partial charge in [0.2, 0.25) is 10.0 Å². The number of amides is 2. The maximum absolute atomic E-state index is 13.0. The summed E-state index contributed by atoms with van der Waals surface area (Å²) in [4.78, 5) is 11.6. The normalized spacial score (nSPS) is 11.0. The molecule has 0 bridgehead atoms. The molecule has 8 heteroatoms. The molecular formula is C13H12FN3O3S. The molecule has 0 fully saturated rings. The van der Waals surface area contributed by atoms with E-state index in [-0.39, 0.29) is 16.3 Å². The van der Waals surface area contributed by atoms with E-state index in [9.17, 15) is 17.6 Å². The number of para-hydroxylation sites is 1. The number of hydrogen-bond acceptors (Lipinski definition) is 3. The van der Waals surface area contributed by atoms with Crippen LogP contribution in [0.4, 0.5) is 20.6 Å². The predicted molar refractivity (Wildman–Crippen MR) is 76.9 cm³/mol. The summed E-state index contributed by atoms with van der Waals surface area (Å²) in [5.41, 5.74) is 0.273. The second kappa shape index (κ2) is 5.90. The fraction of sp³-hybridized carbons (Fsp3) is 0. The maximum Gasteiger partial charge on any atom is 0.323 e. The summed E-state index contributed by atoms with van der Waals surface area (Å²) in [6.07, 6.45) is 0. The average Bonchev–Trinajstić information content (AvgIpc) is 2.37. The average molecular weight is 309 g/mol. The van der Waals surface area contributed by atoms with Gasteiger partial charge in [0.05, 0.1) is 5.69 Å². The van der Waals surface area contributed by atoms with Crippen molar-refractivity contribution in [3.63, 3.8) is 0 Å². The predicted octanol–water partition coefficient (Wildman–Crippen LogP) is 2.12. The standard InChI is InChI=1S/C13H12FN3O3S/c14-9-4-3-5-10(8-9)16-13(18)17-11-6-1-2-7-12(11)21(15,19)20/h1-8H,(H2,15,19,20)(H2,16,17,18). The van der Waals surface area contributed by atoms with Gasteiger partial charge in [-0.2, -0.15) is 0 Å². The second-order valence-electron chi connectivity index (χ2n) is 4.13. The van der Waals surface area contributed by atoms with Gasteiger partial charge in [0.25, 0.3) is 0 Å². The van der Waals surface area contributed by atoms with Gasteiger partial charge in [-0.1, -0.05) is 18.2 Å². The van der Waals surface area contributed by atoms with Crippen molar-refractivity contribution in [3.8, 4) is 0 Å². The number of anilines is 2. The molecule has 0 aromatic heterocycles. The Labute approximate surface area is 120 Å². The molecule has 110 valence electrons. The number of urea groups is 1. The fourth-order valence-corrected chi connectivity index (χ4v) is 2.36. The molecule has 21 heavy (non-hydrogen) atoms. The van der Waals surface area contributed by atoms with Crippen molar-refractivity contribution >= 4 is 27.4 Å². The molecule has 0 aliphatic rings. The first-order valence-electron chi connectivity index (χ1n) is 5.81. The summed E-state index contributed by atoms with van der Waals surface area (Å²) in [7, 11) is -3.96. The number of sulfonamides is 1. The zero-order valence-corrected chi connectivity index (χ0v) is 11.5. The topological polar surface area (TPSA) is 101 Å². The lowest BCUT2D eigenvalue weighted by molar-refractivity contribution is 0.262. The number of nitrogens with one attached hydrogen (secondary N) is 2. The van der Waals surface area contributed by atoms with Crippen molar-refractivity contribution in [2.75, 3.05) is 10.6 Å². The molecule has 0 spiro atoms. The molecule has 4 N–H and O–H groups in total. The molecule has 6 nitrogen and oxygen atoms in total. The highest BCUT2D eigenvalue weighted by atomic mass is 32.2. The molecule has 0 saturated heterocycles. The zero-order valence-electron chi connectivity index (χ0n) is 10.7. The molecule has 0 saturated carbocycles. The SMILES string of the molecule is NS(=O)(=O)c1ccccc1NC(=O)Nc1cccc(F)c1. The van der Waals surface area contributed by atoms with E-state index < -0.39 is 21.9 Å². The van der Waals surface area contributed by atoms with Gasteiger partial charge in [-0.3, -0.25) is 0 Å². The number of carbonyl (C=O) groups excluding carboxylic acids is 1. The van der Waals surface area contributed by atoms with Crippen LogP contribution in [0.15, 0.2) is 53.4 Å². The monoisotopic (exact) mass is 309 g/mol. The Morgan fingerprint density at radius 2 is 1.76 bits per heavy atom. The van der Waals surface area contributed by atoms with Gasteiger partial charge in [0.15, 0.2) is 0 Å². The van der Waals surface area contributed by atoms with E-state index >= 15 is 0 Å². The van der Waals surface area contributed by atoms with Crippen molar-refractivity contribution in [2.45, 2.75) is 4.90 Å². The summed E-state index contributed by atoms with van der Waals surface area (Å²) < 4.78 is 35.8. The van der Waals surface area contributed by atoms with Crippen LogP contribution in [-0.4, -0.2) is 14.4 Å². The summed E-state index contributed by atoms with van der Waals surface area (Å²) >= 11 is 0. The third-order valence-electron chi connectivity index (χ3n) is 2.52. The molecule has 0 radical (unpaired) electrons. The number of primary sulfonamides is 1. The molecule has 0 heterocycles. The van der Waals surface area contributed by atoms with Crippen LogP contribution in [0.1, 0.15) is 0 Å². The van der Waals surface area contributed by atoms with Gasteiger partial charge in [0.1, 0.15) is 10.7 Å². The van der Waals surface area contributed by atoms with Crippen molar-refractivity contribution < 1.29 is 17.6 Å². The van der Waals surface area contributed by atoms with E-state index in [1.54, 1.807) is 6.07 Å². The van der Waals surface area contributed by atoms with E-state index in [2.05, 4.69) is 10.6 Å². The fourth-order valence-electron chi connectivity index (χ4n) is 1.67. The highest BCUT2D eigenvalue weighted by molar-refractivity contribution is 7.89. The van der Waals surface area contributed by atoms with E-state index in [1.807, 2.05) is 0 Å². The molecule has 0 aliphatic carbocycles.